The quantitative estimate of drug-likeness (QED) is 0.708. The van der Waals surface area contributed by atoms with Crippen molar-refractivity contribution in [3.05, 3.63) is 39.3 Å². The maximum Gasteiger partial charge on any atom is 0.335 e. The van der Waals surface area contributed by atoms with Crippen molar-refractivity contribution in [3.63, 3.8) is 0 Å². The summed E-state index contributed by atoms with van der Waals surface area (Å²) in [5, 5.41) is 3.61. The topological polar surface area (TPSA) is 110 Å². The van der Waals surface area contributed by atoms with Gasteiger partial charge in [-0.15, -0.1) is 11.8 Å². The highest BCUT2D eigenvalue weighted by Crippen LogP contribution is 2.36. The normalized spacial score (nSPS) is 22.3. The number of aliphatic imine (C=N–C) groups is 2. The minimum atomic E-state index is -3.70. The highest BCUT2D eigenvalue weighted by molar-refractivity contribution is 8.03. The number of benzene rings is 1. The van der Waals surface area contributed by atoms with Crippen molar-refractivity contribution in [1.29, 1.82) is 0 Å². The van der Waals surface area contributed by atoms with E-state index in [-0.39, 0.29) is 28.2 Å². The number of allylic oxidation sites excluding steroid dienone is 2. The molecule has 164 valence electrons. The van der Waals surface area contributed by atoms with Gasteiger partial charge >= 0.3 is 5.69 Å². The average Bonchev–Trinajstić information content (AvgIpc) is 3.05. The first kappa shape index (κ1) is 20.5. The van der Waals surface area contributed by atoms with Gasteiger partial charge in [-0.25, -0.2) is 27.5 Å². The number of thioether (sulfide) groups is 1. The van der Waals surface area contributed by atoms with E-state index in [0.717, 1.165) is 23.4 Å². The number of fused-ring (bicyclic) bond motifs is 1. The highest BCUT2D eigenvalue weighted by atomic mass is 32.2. The summed E-state index contributed by atoms with van der Waals surface area (Å²) >= 11 is 1.69. The van der Waals surface area contributed by atoms with Crippen LogP contribution in [-0.2, 0) is 16.6 Å². The van der Waals surface area contributed by atoms with Crippen LogP contribution in [0.3, 0.4) is 0 Å². The number of rotatable bonds is 5. The Morgan fingerprint density at radius 1 is 1.32 bits per heavy atom. The molecule has 3 aliphatic rings. The Morgan fingerprint density at radius 2 is 2.10 bits per heavy atom. The Bertz CT molecular complexity index is 1340. The van der Waals surface area contributed by atoms with E-state index in [4.69, 9.17) is 0 Å². The summed E-state index contributed by atoms with van der Waals surface area (Å²) in [6.07, 6.45) is 3.19. The fourth-order valence-corrected chi connectivity index (χ4v) is 6.46. The largest absolute Gasteiger partial charge is 0.376 e. The van der Waals surface area contributed by atoms with Gasteiger partial charge < -0.3 is 5.32 Å². The molecular weight excluding hydrogens is 436 g/mol. The Kier molecular flexibility index (Phi) is 4.68. The molecule has 0 radical (unpaired) electrons. The molecular formula is C20H24N6O3S2. The lowest BCUT2D eigenvalue weighted by Crippen LogP contribution is -2.34. The van der Waals surface area contributed by atoms with Gasteiger partial charge in [0, 0.05) is 16.1 Å². The van der Waals surface area contributed by atoms with Crippen molar-refractivity contribution in [3.8, 4) is 0 Å². The molecule has 0 amide bonds. The minimum Gasteiger partial charge on any atom is -0.376 e. The lowest BCUT2D eigenvalue weighted by atomic mass is 10.3. The van der Waals surface area contributed by atoms with Crippen LogP contribution in [0.15, 0.2) is 48.5 Å². The van der Waals surface area contributed by atoms with Gasteiger partial charge in [0.15, 0.2) is 5.84 Å². The third-order valence-corrected chi connectivity index (χ3v) is 8.63. The van der Waals surface area contributed by atoms with Gasteiger partial charge in [-0.2, -0.15) is 0 Å². The van der Waals surface area contributed by atoms with E-state index < -0.39 is 10.0 Å². The summed E-state index contributed by atoms with van der Waals surface area (Å²) in [5.41, 5.74) is 1.56. The first-order chi connectivity index (χ1) is 14.7. The van der Waals surface area contributed by atoms with Crippen molar-refractivity contribution in [2.24, 2.45) is 9.98 Å². The minimum absolute atomic E-state index is 0.135. The monoisotopic (exact) mass is 460 g/mol. The number of nitrogens with zero attached hydrogens (tertiary/aromatic N) is 4. The van der Waals surface area contributed by atoms with Crippen LogP contribution in [0.5, 0.6) is 0 Å². The zero-order valence-corrected chi connectivity index (χ0v) is 19.2. The summed E-state index contributed by atoms with van der Waals surface area (Å²) in [6, 6.07) is 4.82. The molecule has 1 aromatic carbocycles. The van der Waals surface area contributed by atoms with Gasteiger partial charge in [-0.3, -0.25) is 9.56 Å². The standard InChI is InChI=1S/C20H24N6O3S2/c1-12-17(30-13(2)23-12)10-25-15-5-4-14(31(28,29)24-20(3)6-7-20)8-16(15)26(19(25)27)18-9-21-11-22-18/h4-5,8-9,13,23-24H,6-7,10-11H2,1-3H3. The first-order valence-corrected chi connectivity index (χ1v) is 12.5. The molecule has 3 heterocycles. The van der Waals surface area contributed by atoms with Crippen LogP contribution in [0, 0.1) is 0 Å². The fraction of sp³-hybridized carbons (Fsp3) is 0.450. The second-order valence-electron chi connectivity index (χ2n) is 8.44. The molecule has 2 N–H and O–H groups in total. The van der Waals surface area contributed by atoms with Crippen LogP contribution < -0.4 is 15.7 Å². The molecule has 0 spiro atoms. The van der Waals surface area contributed by atoms with E-state index >= 15 is 0 Å². The number of nitrogens with one attached hydrogen (secondary N) is 2. The fourth-order valence-electron chi connectivity index (χ4n) is 3.87. The molecule has 2 aliphatic heterocycles. The second-order valence-corrected chi connectivity index (χ2v) is 11.6. The SMILES string of the molecule is CC1=C(Cn2c(=O)n(C3=NCN=C3)c3cc(S(=O)(=O)NC4(C)CC4)ccc32)SC(C)N1. The van der Waals surface area contributed by atoms with Crippen molar-refractivity contribution in [2.75, 3.05) is 6.67 Å². The molecule has 1 atom stereocenters. The van der Waals surface area contributed by atoms with E-state index in [9.17, 15) is 13.2 Å². The Hall–Kier alpha value is -2.37. The van der Waals surface area contributed by atoms with Gasteiger partial charge in [0.25, 0.3) is 0 Å². The van der Waals surface area contributed by atoms with Gasteiger partial charge in [0.1, 0.15) is 6.67 Å². The van der Waals surface area contributed by atoms with Gasteiger partial charge in [-0.1, -0.05) is 0 Å². The molecule has 5 rings (SSSR count). The van der Waals surface area contributed by atoms with Crippen LogP contribution >= 0.6 is 11.8 Å². The molecule has 1 saturated carbocycles. The van der Waals surface area contributed by atoms with E-state index in [1.165, 1.54) is 4.57 Å². The zero-order chi connectivity index (χ0) is 22.0. The van der Waals surface area contributed by atoms with Crippen molar-refractivity contribution in [1.82, 2.24) is 19.2 Å². The molecule has 1 aliphatic carbocycles. The van der Waals surface area contributed by atoms with Crippen LogP contribution in [0.2, 0.25) is 0 Å². The molecule has 31 heavy (non-hydrogen) atoms. The lowest BCUT2D eigenvalue weighted by Gasteiger charge is -2.12. The average molecular weight is 461 g/mol. The summed E-state index contributed by atoms with van der Waals surface area (Å²) in [4.78, 5) is 23.0. The predicted molar refractivity (Wildman–Crippen MR) is 123 cm³/mol. The van der Waals surface area contributed by atoms with Crippen LogP contribution in [-0.4, -0.2) is 47.2 Å². The van der Waals surface area contributed by atoms with Crippen molar-refractivity contribution in [2.45, 2.75) is 56.0 Å². The Labute approximate surface area is 184 Å². The maximum absolute atomic E-state index is 13.4. The summed E-state index contributed by atoms with van der Waals surface area (Å²) in [7, 11) is -3.70. The second kappa shape index (κ2) is 7.07. The van der Waals surface area contributed by atoms with Crippen LogP contribution in [0.4, 0.5) is 0 Å². The molecule has 1 aromatic heterocycles. The Balaban J connectivity index is 1.65. The molecule has 9 nitrogen and oxygen atoms in total. The molecule has 0 bridgehead atoms. The van der Waals surface area contributed by atoms with E-state index in [1.54, 1.807) is 40.7 Å². The molecule has 0 saturated heterocycles. The Morgan fingerprint density at radius 3 is 2.71 bits per heavy atom. The first-order valence-electron chi connectivity index (χ1n) is 10.1. The maximum atomic E-state index is 13.4. The predicted octanol–water partition coefficient (Wildman–Crippen LogP) is 1.84. The molecule has 1 unspecified atom stereocenters. The summed E-state index contributed by atoms with van der Waals surface area (Å²) in [6.45, 7) is 6.63. The lowest BCUT2D eigenvalue weighted by molar-refractivity contribution is 0.558. The van der Waals surface area contributed by atoms with Gasteiger partial charge in [-0.05, 0) is 51.8 Å². The van der Waals surface area contributed by atoms with Crippen molar-refractivity contribution >= 4 is 44.9 Å². The number of hydrogen-bond donors (Lipinski definition) is 2. The van der Waals surface area contributed by atoms with Crippen LogP contribution in [0.25, 0.3) is 11.0 Å². The van der Waals surface area contributed by atoms with Crippen LogP contribution in [0.1, 0.15) is 33.6 Å². The third-order valence-electron chi connectivity index (χ3n) is 5.80. The highest BCUT2D eigenvalue weighted by Gasteiger charge is 2.41. The van der Waals surface area contributed by atoms with Crippen molar-refractivity contribution < 1.29 is 8.42 Å². The van der Waals surface area contributed by atoms with E-state index in [0.29, 0.717) is 23.4 Å². The zero-order valence-electron chi connectivity index (χ0n) is 17.5. The van der Waals surface area contributed by atoms with Gasteiger partial charge in [0.05, 0.1) is 34.1 Å². The number of hydrogen-bond acceptors (Lipinski definition) is 7. The molecule has 11 heteroatoms. The number of aromatic nitrogens is 2. The molecule has 1 fully saturated rings. The number of sulfonamides is 1. The number of imidazole rings is 1. The van der Waals surface area contributed by atoms with E-state index in [2.05, 4.69) is 26.9 Å². The smallest absolute Gasteiger partial charge is 0.335 e. The van der Waals surface area contributed by atoms with E-state index in [1.807, 2.05) is 13.8 Å². The summed E-state index contributed by atoms with van der Waals surface area (Å²) < 4.78 is 31.8. The third kappa shape index (κ3) is 3.64. The molecule has 2 aromatic rings. The van der Waals surface area contributed by atoms with Gasteiger partial charge in [0.2, 0.25) is 10.0 Å². The summed E-state index contributed by atoms with van der Waals surface area (Å²) in [5.74, 6) is 0.418.